The molecule has 0 bridgehead atoms. The first-order valence-electron chi connectivity index (χ1n) is 9.59. The molecule has 3 aromatic carbocycles. The summed E-state index contributed by atoms with van der Waals surface area (Å²) in [5, 5.41) is 6.21. The van der Waals surface area contributed by atoms with Crippen molar-refractivity contribution in [3.8, 4) is 5.75 Å². The smallest absolute Gasteiger partial charge is 0.308 e. The molecule has 31 heavy (non-hydrogen) atoms. The van der Waals surface area contributed by atoms with Crippen molar-refractivity contribution < 1.29 is 19.1 Å². The Morgan fingerprint density at radius 1 is 0.935 bits per heavy atom. The van der Waals surface area contributed by atoms with E-state index in [1.54, 1.807) is 42.5 Å². The fraction of sp³-hybridized carbons (Fsp3) is 0.125. The van der Waals surface area contributed by atoms with Gasteiger partial charge < -0.3 is 15.4 Å². The van der Waals surface area contributed by atoms with E-state index in [0.29, 0.717) is 22.0 Å². The minimum atomic E-state index is -0.453. The van der Waals surface area contributed by atoms with Gasteiger partial charge in [-0.25, -0.2) is 0 Å². The van der Waals surface area contributed by atoms with Gasteiger partial charge in [0.15, 0.2) is 0 Å². The molecule has 0 atom stereocenters. The molecule has 0 saturated heterocycles. The summed E-state index contributed by atoms with van der Waals surface area (Å²) in [7, 11) is 0. The van der Waals surface area contributed by atoms with Gasteiger partial charge in [-0.05, 0) is 47.5 Å². The van der Waals surface area contributed by atoms with Crippen molar-refractivity contribution in [2.45, 2.75) is 19.9 Å². The first kappa shape index (κ1) is 22.1. The summed E-state index contributed by atoms with van der Waals surface area (Å²) in [4.78, 5) is 35.8. The van der Waals surface area contributed by atoms with Crippen LogP contribution in [0.15, 0.2) is 72.8 Å². The molecule has 3 rings (SSSR count). The second-order valence-corrected chi connectivity index (χ2v) is 7.23. The highest BCUT2D eigenvalue weighted by atomic mass is 35.5. The lowest BCUT2D eigenvalue weighted by atomic mass is 10.1. The molecule has 3 aromatic rings. The standard InChI is InChI=1S/C24H21ClN2O4/c1-16(28)31-21-10-5-8-19(13-21)24(30)26-15-17-6-4-9-20(12-17)27-23(29)14-18-7-2-3-11-22(18)25/h2-13H,14-15H2,1H3,(H,26,30)(H,27,29). The number of hydrogen-bond donors (Lipinski definition) is 2. The molecule has 0 spiro atoms. The Labute approximate surface area is 185 Å². The molecule has 0 fully saturated rings. The van der Waals surface area contributed by atoms with Crippen LogP contribution in [0.3, 0.4) is 0 Å². The van der Waals surface area contributed by atoms with E-state index >= 15 is 0 Å². The van der Waals surface area contributed by atoms with Gasteiger partial charge in [0, 0.05) is 29.7 Å². The van der Waals surface area contributed by atoms with Crippen LogP contribution in [0.5, 0.6) is 5.75 Å². The Bertz CT molecular complexity index is 1110. The third-order valence-electron chi connectivity index (χ3n) is 4.33. The summed E-state index contributed by atoms with van der Waals surface area (Å²) < 4.78 is 5.00. The van der Waals surface area contributed by atoms with Gasteiger partial charge in [-0.2, -0.15) is 0 Å². The number of ether oxygens (including phenoxy) is 1. The van der Waals surface area contributed by atoms with E-state index in [2.05, 4.69) is 10.6 Å². The Morgan fingerprint density at radius 3 is 2.48 bits per heavy atom. The van der Waals surface area contributed by atoms with Crippen molar-refractivity contribution in [1.82, 2.24) is 5.32 Å². The van der Waals surface area contributed by atoms with Gasteiger partial charge in [0.1, 0.15) is 5.75 Å². The molecular formula is C24H21ClN2O4. The topological polar surface area (TPSA) is 84.5 Å². The van der Waals surface area contributed by atoms with Gasteiger partial charge in [0.25, 0.3) is 5.91 Å². The molecule has 0 radical (unpaired) electrons. The number of benzene rings is 3. The number of hydrogen-bond acceptors (Lipinski definition) is 4. The summed E-state index contributed by atoms with van der Waals surface area (Å²) in [6.45, 7) is 1.57. The number of rotatable bonds is 7. The predicted molar refractivity (Wildman–Crippen MR) is 119 cm³/mol. The van der Waals surface area contributed by atoms with Crippen LogP contribution in [0.2, 0.25) is 5.02 Å². The first-order chi connectivity index (χ1) is 14.9. The number of esters is 1. The van der Waals surface area contributed by atoms with E-state index in [-0.39, 0.29) is 24.8 Å². The molecule has 0 aliphatic carbocycles. The quantitative estimate of drug-likeness (QED) is 0.425. The fourth-order valence-electron chi connectivity index (χ4n) is 2.93. The fourth-order valence-corrected chi connectivity index (χ4v) is 3.13. The zero-order chi connectivity index (χ0) is 22.2. The second kappa shape index (κ2) is 10.4. The van der Waals surface area contributed by atoms with Crippen LogP contribution < -0.4 is 15.4 Å². The molecule has 0 saturated carbocycles. The van der Waals surface area contributed by atoms with Crippen molar-refractivity contribution in [2.75, 3.05) is 5.32 Å². The van der Waals surface area contributed by atoms with Crippen LogP contribution in [0.25, 0.3) is 0 Å². The monoisotopic (exact) mass is 436 g/mol. The summed E-state index contributed by atoms with van der Waals surface area (Å²) in [5.74, 6) is -0.631. The third kappa shape index (κ3) is 6.69. The van der Waals surface area contributed by atoms with Crippen LogP contribution in [-0.2, 0) is 22.6 Å². The highest BCUT2D eigenvalue weighted by Gasteiger charge is 2.10. The Morgan fingerprint density at radius 2 is 1.71 bits per heavy atom. The van der Waals surface area contributed by atoms with E-state index in [0.717, 1.165) is 11.1 Å². The predicted octanol–water partition coefficient (Wildman–Crippen LogP) is 4.38. The van der Waals surface area contributed by atoms with E-state index in [9.17, 15) is 14.4 Å². The van der Waals surface area contributed by atoms with Crippen LogP contribution in [0.1, 0.15) is 28.4 Å². The van der Waals surface area contributed by atoms with E-state index in [1.807, 2.05) is 24.3 Å². The van der Waals surface area contributed by atoms with Gasteiger partial charge in [-0.15, -0.1) is 0 Å². The maximum Gasteiger partial charge on any atom is 0.308 e. The number of amides is 2. The Hall–Kier alpha value is -3.64. The number of halogens is 1. The second-order valence-electron chi connectivity index (χ2n) is 6.82. The molecule has 158 valence electrons. The Kier molecular flexibility index (Phi) is 7.40. The number of carbonyl (C=O) groups excluding carboxylic acids is 3. The normalized spacial score (nSPS) is 10.3. The molecule has 2 N–H and O–H groups in total. The van der Waals surface area contributed by atoms with E-state index < -0.39 is 5.97 Å². The van der Waals surface area contributed by atoms with Crippen molar-refractivity contribution in [3.63, 3.8) is 0 Å². The van der Waals surface area contributed by atoms with E-state index in [4.69, 9.17) is 16.3 Å². The average Bonchev–Trinajstić information content (AvgIpc) is 2.73. The molecular weight excluding hydrogens is 416 g/mol. The van der Waals surface area contributed by atoms with Crippen LogP contribution in [-0.4, -0.2) is 17.8 Å². The molecule has 0 aliphatic rings. The molecule has 0 aromatic heterocycles. The first-order valence-corrected chi connectivity index (χ1v) is 9.97. The van der Waals surface area contributed by atoms with Crippen LogP contribution >= 0.6 is 11.6 Å². The number of nitrogens with one attached hydrogen (secondary N) is 2. The van der Waals surface area contributed by atoms with Crippen molar-refractivity contribution in [2.24, 2.45) is 0 Å². The van der Waals surface area contributed by atoms with Crippen molar-refractivity contribution in [3.05, 3.63) is 94.5 Å². The molecule has 0 aliphatic heterocycles. The zero-order valence-electron chi connectivity index (χ0n) is 16.9. The molecule has 0 heterocycles. The molecule has 0 unspecified atom stereocenters. The van der Waals surface area contributed by atoms with Crippen molar-refractivity contribution in [1.29, 1.82) is 0 Å². The lowest BCUT2D eigenvalue weighted by molar-refractivity contribution is -0.131. The average molecular weight is 437 g/mol. The van der Waals surface area contributed by atoms with Crippen LogP contribution in [0, 0.1) is 0 Å². The minimum Gasteiger partial charge on any atom is -0.427 e. The maximum absolute atomic E-state index is 12.4. The molecule has 6 nitrogen and oxygen atoms in total. The highest BCUT2D eigenvalue weighted by molar-refractivity contribution is 6.31. The largest absolute Gasteiger partial charge is 0.427 e. The van der Waals surface area contributed by atoms with Gasteiger partial charge in [-0.3, -0.25) is 14.4 Å². The summed E-state index contributed by atoms with van der Waals surface area (Å²) >= 11 is 6.11. The van der Waals surface area contributed by atoms with Gasteiger partial charge in [0.2, 0.25) is 5.91 Å². The van der Waals surface area contributed by atoms with E-state index in [1.165, 1.54) is 13.0 Å². The summed E-state index contributed by atoms with van der Waals surface area (Å²) in [6, 6.07) is 20.8. The molecule has 2 amide bonds. The number of carbonyl (C=O) groups is 3. The SMILES string of the molecule is CC(=O)Oc1cccc(C(=O)NCc2cccc(NC(=O)Cc3ccccc3Cl)c2)c1. The lowest BCUT2D eigenvalue weighted by Gasteiger charge is -2.10. The lowest BCUT2D eigenvalue weighted by Crippen LogP contribution is -2.23. The number of anilines is 1. The third-order valence-corrected chi connectivity index (χ3v) is 4.70. The zero-order valence-corrected chi connectivity index (χ0v) is 17.6. The van der Waals surface area contributed by atoms with Gasteiger partial charge >= 0.3 is 5.97 Å². The van der Waals surface area contributed by atoms with Gasteiger partial charge in [0.05, 0.1) is 6.42 Å². The summed E-state index contributed by atoms with van der Waals surface area (Å²) in [6.07, 6.45) is 0.166. The highest BCUT2D eigenvalue weighted by Crippen LogP contribution is 2.17. The maximum atomic E-state index is 12.4. The van der Waals surface area contributed by atoms with Crippen LogP contribution in [0.4, 0.5) is 5.69 Å². The molecule has 7 heteroatoms. The van der Waals surface area contributed by atoms with Gasteiger partial charge in [-0.1, -0.05) is 48.0 Å². The Balaban J connectivity index is 1.58. The summed E-state index contributed by atoms with van der Waals surface area (Å²) in [5.41, 5.74) is 2.57. The minimum absolute atomic E-state index is 0.166. The van der Waals surface area contributed by atoms with Crippen molar-refractivity contribution >= 4 is 35.1 Å².